The number of nitrogens with zero attached hydrogens (tertiary/aromatic N) is 2. The molecule has 1 aromatic heterocycles. The maximum Gasteiger partial charge on any atom is 0.161 e. The molecular weight excluding hydrogens is 309 g/mol. The van der Waals surface area contributed by atoms with Gasteiger partial charge in [0, 0.05) is 22.5 Å². The van der Waals surface area contributed by atoms with Gasteiger partial charge in [-0.3, -0.25) is 0 Å². The van der Waals surface area contributed by atoms with Crippen molar-refractivity contribution in [2.24, 2.45) is 0 Å². The molecule has 0 saturated carbocycles. The number of fused-ring (bicyclic) bond motifs is 1. The van der Waals surface area contributed by atoms with E-state index in [0.29, 0.717) is 21.7 Å². The Labute approximate surface area is 131 Å². The molecule has 106 valence electrons. The summed E-state index contributed by atoms with van der Waals surface area (Å²) < 4.78 is 5.20. The topological polar surface area (TPSA) is 47.0 Å². The molecule has 0 radical (unpaired) electrons. The number of nitrogens with one attached hydrogen (secondary N) is 1. The number of rotatable bonds is 3. The lowest BCUT2D eigenvalue weighted by Gasteiger charge is -2.10. The Morgan fingerprint density at radius 3 is 2.52 bits per heavy atom. The van der Waals surface area contributed by atoms with E-state index in [2.05, 4.69) is 15.5 Å². The number of ether oxygens (including phenoxy) is 1. The van der Waals surface area contributed by atoms with Crippen molar-refractivity contribution in [3.05, 3.63) is 52.6 Å². The Hall–Kier alpha value is -2.04. The van der Waals surface area contributed by atoms with E-state index >= 15 is 0 Å². The number of benzene rings is 2. The van der Waals surface area contributed by atoms with Crippen molar-refractivity contribution in [1.82, 2.24) is 10.2 Å². The van der Waals surface area contributed by atoms with Gasteiger partial charge in [0.25, 0.3) is 0 Å². The molecule has 3 aromatic rings. The maximum atomic E-state index is 6.06. The van der Waals surface area contributed by atoms with Crippen molar-refractivity contribution in [2.75, 3.05) is 12.4 Å². The van der Waals surface area contributed by atoms with E-state index in [9.17, 15) is 0 Å². The van der Waals surface area contributed by atoms with Crippen LogP contribution in [0.15, 0.2) is 42.5 Å². The van der Waals surface area contributed by atoms with Crippen molar-refractivity contribution in [3.8, 4) is 5.75 Å². The molecule has 0 fully saturated rings. The van der Waals surface area contributed by atoms with Gasteiger partial charge in [-0.15, -0.1) is 10.2 Å². The number of hydrogen-bond acceptors (Lipinski definition) is 4. The zero-order chi connectivity index (χ0) is 14.8. The van der Waals surface area contributed by atoms with Gasteiger partial charge in [0.2, 0.25) is 0 Å². The maximum absolute atomic E-state index is 6.06. The highest BCUT2D eigenvalue weighted by molar-refractivity contribution is 6.34. The summed E-state index contributed by atoms with van der Waals surface area (Å²) in [5, 5.41) is 13.9. The fraction of sp³-hybridized carbons (Fsp3) is 0.0667. The first-order chi connectivity index (χ1) is 10.2. The molecule has 3 rings (SSSR count). The summed E-state index contributed by atoms with van der Waals surface area (Å²) >= 11 is 12.1. The lowest BCUT2D eigenvalue weighted by atomic mass is 10.2. The molecule has 21 heavy (non-hydrogen) atoms. The van der Waals surface area contributed by atoms with E-state index in [1.54, 1.807) is 19.2 Å². The molecule has 0 amide bonds. The minimum absolute atomic E-state index is 0.379. The lowest BCUT2D eigenvalue weighted by molar-refractivity contribution is 0.415. The first-order valence-electron chi connectivity index (χ1n) is 6.20. The van der Waals surface area contributed by atoms with Crippen molar-refractivity contribution in [3.63, 3.8) is 0 Å². The Bertz CT molecular complexity index is 808. The molecule has 0 aliphatic heterocycles. The van der Waals surface area contributed by atoms with Gasteiger partial charge in [-0.1, -0.05) is 47.5 Å². The van der Waals surface area contributed by atoms with E-state index in [1.807, 2.05) is 30.3 Å². The van der Waals surface area contributed by atoms with Crippen molar-refractivity contribution < 1.29 is 4.74 Å². The Balaban J connectivity index is 2.04. The van der Waals surface area contributed by atoms with Crippen LogP contribution in [-0.4, -0.2) is 17.3 Å². The smallest absolute Gasteiger partial charge is 0.161 e. The van der Waals surface area contributed by atoms with Crippen molar-refractivity contribution >= 4 is 45.5 Å². The molecule has 1 N–H and O–H groups in total. The van der Waals surface area contributed by atoms with Crippen LogP contribution in [0.1, 0.15) is 0 Å². The van der Waals surface area contributed by atoms with Crippen LogP contribution in [0.4, 0.5) is 11.5 Å². The first-order valence-corrected chi connectivity index (χ1v) is 6.96. The zero-order valence-corrected chi connectivity index (χ0v) is 12.6. The summed E-state index contributed by atoms with van der Waals surface area (Å²) in [6.45, 7) is 0. The predicted octanol–water partition coefficient (Wildman–Crippen LogP) is 4.69. The van der Waals surface area contributed by atoms with Gasteiger partial charge >= 0.3 is 0 Å². The van der Waals surface area contributed by atoms with Gasteiger partial charge in [-0.25, -0.2) is 0 Å². The second-order valence-corrected chi connectivity index (χ2v) is 5.12. The molecule has 0 atom stereocenters. The van der Waals surface area contributed by atoms with E-state index in [4.69, 9.17) is 27.9 Å². The molecule has 0 spiro atoms. The van der Waals surface area contributed by atoms with Crippen LogP contribution >= 0.6 is 23.2 Å². The predicted molar refractivity (Wildman–Crippen MR) is 85.8 cm³/mol. The summed E-state index contributed by atoms with van der Waals surface area (Å²) in [5.41, 5.74) is 0.804. The molecular formula is C15H11Cl2N3O. The number of aromatic nitrogens is 2. The average Bonchev–Trinajstić information content (AvgIpc) is 2.52. The van der Waals surface area contributed by atoms with E-state index in [1.165, 1.54) is 0 Å². The third-order valence-corrected chi connectivity index (χ3v) is 3.65. The Morgan fingerprint density at radius 2 is 1.76 bits per heavy atom. The number of hydrogen-bond donors (Lipinski definition) is 1. The molecule has 4 nitrogen and oxygen atoms in total. The molecule has 0 bridgehead atoms. The second-order valence-electron chi connectivity index (χ2n) is 4.36. The fourth-order valence-electron chi connectivity index (χ4n) is 2.04. The van der Waals surface area contributed by atoms with Crippen LogP contribution in [0.3, 0.4) is 0 Å². The van der Waals surface area contributed by atoms with Crippen LogP contribution in [0.2, 0.25) is 10.2 Å². The molecule has 6 heteroatoms. The highest BCUT2D eigenvalue weighted by Gasteiger charge is 2.09. The van der Waals surface area contributed by atoms with Gasteiger partial charge in [0.05, 0.1) is 12.1 Å². The zero-order valence-electron chi connectivity index (χ0n) is 11.1. The van der Waals surface area contributed by atoms with Crippen LogP contribution in [0, 0.1) is 0 Å². The molecule has 0 saturated heterocycles. The minimum Gasteiger partial charge on any atom is -0.495 e. The summed E-state index contributed by atoms with van der Waals surface area (Å²) in [5.74, 6) is 1.22. The van der Waals surface area contributed by atoms with Crippen LogP contribution in [0.25, 0.3) is 10.8 Å². The SMILES string of the molecule is COc1cc(Nc2nnc(Cl)c3ccccc23)ccc1Cl. The second kappa shape index (κ2) is 5.76. The van der Waals surface area contributed by atoms with Crippen LogP contribution in [-0.2, 0) is 0 Å². The van der Waals surface area contributed by atoms with Gasteiger partial charge in [-0.05, 0) is 12.1 Å². The Kier molecular flexibility index (Phi) is 3.82. The first kappa shape index (κ1) is 13.9. The highest BCUT2D eigenvalue weighted by Crippen LogP contribution is 2.31. The highest BCUT2D eigenvalue weighted by atomic mass is 35.5. The van der Waals surface area contributed by atoms with E-state index < -0.39 is 0 Å². The fourth-order valence-corrected chi connectivity index (χ4v) is 2.44. The monoisotopic (exact) mass is 319 g/mol. The molecule has 1 heterocycles. The number of methoxy groups -OCH3 is 1. The third-order valence-electron chi connectivity index (χ3n) is 3.06. The molecule has 2 aromatic carbocycles. The Morgan fingerprint density at radius 1 is 1.00 bits per heavy atom. The van der Waals surface area contributed by atoms with E-state index in [0.717, 1.165) is 16.5 Å². The standard InChI is InChI=1S/C15H11Cl2N3O/c1-21-13-8-9(6-7-12(13)16)18-15-11-5-3-2-4-10(11)14(17)19-20-15/h2-8H,1H3,(H,18,20). The third kappa shape index (κ3) is 2.73. The average molecular weight is 320 g/mol. The number of anilines is 2. The molecule has 0 unspecified atom stereocenters. The molecule has 0 aliphatic carbocycles. The van der Waals surface area contributed by atoms with Crippen molar-refractivity contribution in [2.45, 2.75) is 0 Å². The van der Waals surface area contributed by atoms with Gasteiger partial charge in [-0.2, -0.15) is 0 Å². The quantitative estimate of drug-likeness (QED) is 0.760. The van der Waals surface area contributed by atoms with Gasteiger partial charge < -0.3 is 10.1 Å². The largest absolute Gasteiger partial charge is 0.495 e. The normalized spacial score (nSPS) is 10.6. The van der Waals surface area contributed by atoms with Crippen LogP contribution in [0.5, 0.6) is 5.75 Å². The summed E-state index contributed by atoms with van der Waals surface area (Å²) in [6.07, 6.45) is 0. The number of halogens is 2. The summed E-state index contributed by atoms with van der Waals surface area (Å²) in [7, 11) is 1.57. The van der Waals surface area contributed by atoms with Gasteiger partial charge in [0.1, 0.15) is 5.75 Å². The van der Waals surface area contributed by atoms with Crippen molar-refractivity contribution in [1.29, 1.82) is 0 Å². The summed E-state index contributed by atoms with van der Waals surface area (Å²) in [4.78, 5) is 0. The van der Waals surface area contributed by atoms with Crippen LogP contribution < -0.4 is 10.1 Å². The minimum atomic E-state index is 0.379. The lowest BCUT2D eigenvalue weighted by Crippen LogP contribution is -1.98. The molecule has 0 aliphatic rings. The van der Waals surface area contributed by atoms with E-state index in [-0.39, 0.29) is 0 Å². The van der Waals surface area contributed by atoms with Gasteiger partial charge in [0.15, 0.2) is 11.0 Å². The summed E-state index contributed by atoms with van der Waals surface area (Å²) in [6, 6.07) is 13.1.